The third kappa shape index (κ3) is 27.0. The van der Waals surface area contributed by atoms with Crippen LogP contribution in [0.25, 0.3) is 0 Å². The molecule has 0 bridgehead atoms. The second kappa shape index (κ2) is 35.1. The molecule has 6 atom stereocenters. The molecule has 10 nitrogen and oxygen atoms in total. The Morgan fingerprint density at radius 1 is 0.509 bits per heavy atom. The molecule has 1 rings (SSSR count). The van der Waals surface area contributed by atoms with Gasteiger partial charge in [0.05, 0.1) is 13.2 Å². The molecule has 0 aromatic carbocycles. The smallest absolute Gasteiger partial charge is 0.306 e. The molecule has 53 heavy (non-hydrogen) atoms. The molecule has 0 amide bonds. The fourth-order valence-electron chi connectivity index (χ4n) is 6.95. The van der Waals surface area contributed by atoms with Gasteiger partial charge in [-0.25, -0.2) is 0 Å². The lowest BCUT2D eigenvalue weighted by molar-refractivity contribution is -0.305. The van der Waals surface area contributed by atoms with Crippen LogP contribution in [0.5, 0.6) is 0 Å². The number of unbranched alkanes of at least 4 members (excludes halogenated alkanes) is 26. The Kier molecular flexibility index (Phi) is 33.0. The molecule has 4 N–H and O–H groups in total. The first kappa shape index (κ1) is 49.7. The molecule has 1 aliphatic rings. The monoisotopic (exact) mass is 759 g/mol. The normalized spacial score (nSPS) is 20.8. The van der Waals surface area contributed by atoms with Crippen LogP contribution in [0.4, 0.5) is 0 Å². The van der Waals surface area contributed by atoms with Crippen molar-refractivity contribution in [2.45, 2.75) is 243 Å². The number of rotatable bonds is 37. The Balaban J connectivity index is 2.32. The summed E-state index contributed by atoms with van der Waals surface area (Å²) in [5, 5.41) is 40.0. The Bertz CT molecular complexity index is 840. The van der Waals surface area contributed by atoms with Crippen molar-refractivity contribution in [2.24, 2.45) is 0 Å². The maximum Gasteiger partial charge on any atom is 0.306 e. The maximum atomic E-state index is 12.7. The van der Waals surface area contributed by atoms with Crippen LogP contribution in [0, 0.1) is 0 Å². The van der Waals surface area contributed by atoms with E-state index in [1.54, 1.807) is 0 Å². The third-order valence-corrected chi connectivity index (χ3v) is 10.5. The van der Waals surface area contributed by atoms with Gasteiger partial charge in [-0.1, -0.05) is 181 Å². The van der Waals surface area contributed by atoms with E-state index in [0.29, 0.717) is 6.42 Å². The van der Waals surface area contributed by atoms with Gasteiger partial charge in [0.1, 0.15) is 31.0 Å². The van der Waals surface area contributed by atoms with Crippen LogP contribution in [0.2, 0.25) is 0 Å². The SMILES string of the molecule is CCCCCCCCCCCCCCCCC(=O)OCC(COC1OC(CO)C(O)C(O)C1O)OC(=O)CCCCCCCCCCCCCCCC. The van der Waals surface area contributed by atoms with Crippen LogP contribution >= 0.6 is 0 Å². The zero-order valence-corrected chi connectivity index (χ0v) is 34.0. The number of carbonyl (C=O) groups excluding carboxylic acids is 2. The second-order valence-corrected chi connectivity index (χ2v) is 15.5. The molecule has 0 saturated carbocycles. The highest BCUT2D eigenvalue weighted by molar-refractivity contribution is 5.70. The van der Waals surface area contributed by atoms with Crippen molar-refractivity contribution in [2.75, 3.05) is 19.8 Å². The summed E-state index contributed by atoms with van der Waals surface area (Å²) in [5.41, 5.74) is 0. The van der Waals surface area contributed by atoms with Crippen molar-refractivity contribution >= 4 is 11.9 Å². The van der Waals surface area contributed by atoms with Crippen molar-refractivity contribution in [1.82, 2.24) is 0 Å². The minimum absolute atomic E-state index is 0.209. The van der Waals surface area contributed by atoms with Crippen molar-refractivity contribution in [1.29, 1.82) is 0 Å². The van der Waals surface area contributed by atoms with Gasteiger partial charge in [0.2, 0.25) is 0 Å². The van der Waals surface area contributed by atoms with Gasteiger partial charge in [-0.2, -0.15) is 0 Å². The Morgan fingerprint density at radius 3 is 1.28 bits per heavy atom. The Morgan fingerprint density at radius 2 is 0.887 bits per heavy atom. The highest BCUT2D eigenvalue weighted by Gasteiger charge is 2.44. The summed E-state index contributed by atoms with van der Waals surface area (Å²) in [4.78, 5) is 25.3. The van der Waals surface area contributed by atoms with E-state index >= 15 is 0 Å². The Hall–Kier alpha value is -1.30. The molecule has 0 aromatic heterocycles. The zero-order valence-electron chi connectivity index (χ0n) is 34.0. The van der Waals surface area contributed by atoms with Gasteiger partial charge in [0.25, 0.3) is 0 Å². The van der Waals surface area contributed by atoms with Crippen LogP contribution in [-0.2, 0) is 28.5 Å². The van der Waals surface area contributed by atoms with E-state index in [-0.39, 0.29) is 32.0 Å². The van der Waals surface area contributed by atoms with Crippen molar-refractivity contribution in [3.8, 4) is 0 Å². The molecule has 10 heteroatoms. The van der Waals surface area contributed by atoms with E-state index < -0.39 is 49.4 Å². The van der Waals surface area contributed by atoms with E-state index in [1.807, 2.05) is 0 Å². The maximum absolute atomic E-state index is 12.7. The number of aliphatic hydroxyl groups excluding tert-OH is 4. The standard InChI is InChI=1S/C43H82O10/c1-3-5-7-9-11-13-15-17-19-21-23-25-27-29-31-38(45)50-34-36(35-51-43-42(49)41(48)40(47)37(33-44)53-43)52-39(46)32-30-28-26-24-22-20-18-16-14-12-10-8-6-4-2/h36-37,40-44,47-49H,3-35H2,1-2H3. The molecule has 314 valence electrons. The molecule has 0 aromatic rings. The van der Waals surface area contributed by atoms with Crippen molar-refractivity contribution in [3.63, 3.8) is 0 Å². The molecule has 1 heterocycles. The zero-order chi connectivity index (χ0) is 38.8. The Labute approximate surface area is 323 Å². The average Bonchev–Trinajstić information content (AvgIpc) is 3.15. The minimum Gasteiger partial charge on any atom is -0.462 e. The van der Waals surface area contributed by atoms with Crippen LogP contribution in [0.3, 0.4) is 0 Å². The number of hydrogen-bond acceptors (Lipinski definition) is 10. The van der Waals surface area contributed by atoms with Gasteiger partial charge >= 0.3 is 11.9 Å². The molecular weight excluding hydrogens is 676 g/mol. The van der Waals surface area contributed by atoms with E-state index in [0.717, 1.165) is 38.5 Å². The molecule has 1 fully saturated rings. The number of carbonyl (C=O) groups is 2. The minimum atomic E-state index is -1.59. The lowest BCUT2D eigenvalue weighted by Crippen LogP contribution is -2.59. The molecule has 6 unspecified atom stereocenters. The lowest BCUT2D eigenvalue weighted by atomic mass is 9.99. The summed E-state index contributed by atoms with van der Waals surface area (Å²) in [7, 11) is 0. The van der Waals surface area contributed by atoms with Gasteiger partial charge < -0.3 is 39.4 Å². The summed E-state index contributed by atoms with van der Waals surface area (Å²) >= 11 is 0. The van der Waals surface area contributed by atoms with Crippen LogP contribution in [0.1, 0.15) is 206 Å². The van der Waals surface area contributed by atoms with Crippen LogP contribution < -0.4 is 0 Å². The summed E-state index contributed by atoms with van der Waals surface area (Å²) in [6, 6.07) is 0. The first-order chi connectivity index (χ1) is 25.8. The molecular formula is C43H82O10. The number of hydrogen-bond donors (Lipinski definition) is 4. The molecule has 0 aliphatic carbocycles. The summed E-state index contributed by atoms with van der Waals surface area (Å²) in [6.07, 6.45) is 26.8. The van der Waals surface area contributed by atoms with E-state index in [1.165, 1.54) is 135 Å². The number of esters is 2. The molecule has 1 saturated heterocycles. The van der Waals surface area contributed by atoms with Gasteiger partial charge in [-0.3, -0.25) is 9.59 Å². The number of ether oxygens (including phenoxy) is 4. The van der Waals surface area contributed by atoms with Gasteiger partial charge in [0, 0.05) is 12.8 Å². The average molecular weight is 759 g/mol. The van der Waals surface area contributed by atoms with Crippen LogP contribution in [0.15, 0.2) is 0 Å². The first-order valence-electron chi connectivity index (χ1n) is 22.1. The summed E-state index contributed by atoms with van der Waals surface area (Å²) in [6.45, 7) is 3.44. The predicted molar refractivity (Wildman–Crippen MR) is 210 cm³/mol. The van der Waals surface area contributed by atoms with E-state index in [4.69, 9.17) is 18.9 Å². The van der Waals surface area contributed by atoms with Crippen molar-refractivity contribution in [3.05, 3.63) is 0 Å². The summed E-state index contributed by atoms with van der Waals surface area (Å²) in [5.74, 6) is -0.792. The largest absolute Gasteiger partial charge is 0.462 e. The topological polar surface area (TPSA) is 152 Å². The third-order valence-electron chi connectivity index (χ3n) is 10.5. The molecule has 0 spiro atoms. The highest BCUT2D eigenvalue weighted by Crippen LogP contribution is 2.23. The lowest BCUT2D eigenvalue weighted by Gasteiger charge is -2.39. The van der Waals surface area contributed by atoms with Gasteiger partial charge in [-0.15, -0.1) is 0 Å². The van der Waals surface area contributed by atoms with Gasteiger partial charge in [-0.05, 0) is 12.8 Å². The van der Waals surface area contributed by atoms with E-state index in [9.17, 15) is 30.0 Å². The van der Waals surface area contributed by atoms with Crippen molar-refractivity contribution < 1.29 is 49.0 Å². The highest BCUT2D eigenvalue weighted by atomic mass is 16.7. The predicted octanol–water partition coefficient (Wildman–Crippen LogP) is 9.00. The first-order valence-corrected chi connectivity index (χ1v) is 22.1. The van der Waals surface area contributed by atoms with Crippen LogP contribution in [-0.4, -0.2) is 89.0 Å². The fourth-order valence-corrected chi connectivity index (χ4v) is 6.95. The fraction of sp³-hybridized carbons (Fsp3) is 0.953. The summed E-state index contributed by atoms with van der Waals surface area (Å²) < 4.78 is 22.1. The number of aliphatic hydroxyl groups is 4. The quantitative estimate of drug-likeness (QED) is 0.0357. The van der Waals surface area contributed by atoms with Gasteiger partial charge in [0.15, 0.2) is 12.4 Å². The molecule has 1 aliphatic heterocycles. The second-order valence-electron chi connectivity index (χ2n) is 15.5. The molecule has 0 radical (unpaired) electrons. The van der Waals surface area contributed by atoms with E-state index in [2.05, 4.69) is 13.8 Å².